The Hall–Kier alpha value is -2.50. The summed E-state index contributed by atoms with van der Waals surface area (Å²) in [7, 11) is 1.49. The fourth-order valence-corrected chi connectivity index (χ4v) is 5.62. The molecule has 0 unspecified atom stereocenters. The number of esters is 1. The molecule has 6 heteroatoms. The molecule has 2 aromatic carbocycles. The zero-order valence-electron chi connectivity index (χ0n) is 19.9. The molecule has 0 saturated heterocycles. The van der Waals surface area contributed by atoms with E-state index in [0.29, 0.717) is 48.5 Å². The van der Waals surface area contributed by atoms with Crippen LogP contribution in [0.2, 0.25) is 0 Å². The van der Waals surface area contributed by atoms with E-state index in [1.54, 1.807) is 18.2 Å². The largest absolute Gasteiger partial charge is 0.497 e. The molecule has 184 valence electrons. The van der Waals surface area contributed by atoms with Crippen LogP contribution in [0.3, 0.4) is 0 Å². The van der Waals surface area contributed by atoms with Gasteiger partial charge in [0, 0.05) is 6.07 Å². The summed E-state index contributed by atoms with van der Waals surface area (Å²) in [5, 5.41) is 0. The molecule has 0 bridgehead atoms. The second kappa shape index (κ2) is 10.8. The molecule has 2 fully saturated rings. The summed E-state index contributed by atoms with van der Waals surface area (Å²) in [6.07, 6.45) is 7.16. The summed E-state index contributed by atoms with van der Waals surface area (Å²) in [4.78, 5) is 12.7. The van der Waals surface area contributed by atoms with Gasteiger partial charge in [-0.2, -0.15) is 4.39 Å². The van der Waals surface area contributed by atoms with Crippen LogP contribution >= 0.6 is 0 Å². The average molecular weight is 475 g/mol. The van der Waals surface area contributed by atoms with Gasteiger partial charge in [0.15, 0.2) is 11.6 Å². The third kappa shape index (κ3) is 5.26. The Kier molecular flexibility index (Phi) is 7.84. The minimum absolute atomic E-state index is 0.00576. The second-order valence-electron chi connectivity index (χ2n) is 9.76. The Morgan fingerprint density at radius 2 is 1.47 bits per heavy atom. The molecule has 0 atom stereocenters. The highest BCUT2D eigenvalue weighted by molar-refractivity contribution is 5.75. The molecule has 0 amide bonds. The predicted molar refractivity (Wildman–Crippen MR) is 125 cm³/mol. The minimum atomic E-state index is -1.09. The molecular formula is C28H33F3O3. The van der Waals surface area contributed by atoms with Crippen LogP contribution in [0, 0.1) is 29.3 Å². The zero-order valence-corrected chi connectivity index (χ0v) is 19.9. The van der Waals surface area contributed by atoms with Gasteiger partial charge in [-0.05, 0) is 92.4 Å². The number of benzene rings is 2. The van der Waals surface area contributed by atoms with Crippen LogP contribution in [0.1, 0.15) is 87.7 Å². The van der Waals surface area contributed by atoms with E-state index < -0.39 is 23.5 Å². The molecule has 2 aliphatic carbocycles. The molecule has 2 saturated carbocycles. The van der Waals surface area contributed by atoms with E-state index in [1.807, 2.05) is 0 Å². The molecule has 0 heterocycles. The molecular weight excluding hydrogens is 441 g/mol. The van der Waals surface area contributed by atoms with E-state index in [4.69, 9.17) is 9.47 Å². The SMILES string of the molecule is CCC1CCC(c2ccc(OC(=O)C3CCC(c4ccc(OC)cc4F)CC3)c(F)c2F)CC1. The van der Waals surface area contributed by atoms with Gasteiger partial charge >= 0.3 is 5.97 Å². The van der Waals surface area contributed by atoms with E-state index in [0.717, 1.165) is 32.1 Å². The van der Waals surface area contributed by atoms with Crippen LogP contribution in [0.5, 0.6) is 11.5 Å². The number of hydrogen-bond acceptors (Lipinski definition) is 3. The number of methoxy groups -OCH3 is 1. The molecule has 0 aromatic heterocycles. The van der Waals surface area contributed by atoms with Crippen molar-refractivity contribution in [1.29, 1.82) is 0 Å². The van der Waals surface area contributed by atoms with Crippen molar-refractivity contribution in [3.8, 4) is 11.5 Å². The summed E-state index contributed by atoms with van der Waals surface area (Å²) >= 11 is 0. The number of halogens is 3. The van der Waals surface area contributed by atoms with Gasteiger partial charge in [-0.25, -0.2) is 8.78 Å². The summed E-state index contributed by atoms with van der Waals surface area (Å²) in [6, 6.07) is 7.78. The standard InChI is InChI=1S/C28H33F3O3/c1-3-17-4-6-19(7-5-17)23-14-15-25(27(31)26(23)30)34-28(32)20-10-8-18(9-11-20)22-13-12-21(33-2)16-24(22)29/h12-20H,3-11H2,1-2H3. The fourth-order valence-electron chi connectivity index (χ4n) is 5.62. The van der Waals surface area contributed by atoms with E-state index in [2.05, 4.69) is 6.92 Å². The van der Waals surface area contributed by atoms with Crippen LogP contribution in [0.25, 0.3) is 0 Å². The fraction of sp³-hybridized carbons (Fsp3) is 0.536. The van der Waals surface area contributed by atoms with Crippen molar-refractivity contribution in [2.24, 2.45) is 11.8 Å². The maximum absolute atomic E-state index is 14.8. The van der Waals surface area contributed by atoms with E-state index >= 15 is 0 Å². The number of hydrogen-bond donors (Lipinski definition) is 0. The van der Waals surface area contributed by atoms with Gasteiger partial charge in [0.2, 0.25) is 5.82 Å². The van der Waals surface area contributed by atoms with Gasteiger partial charge in [0.05, 0.1) is 13.0 Å². The van der Waals surface area contributed by atoms with Gasteiger partial charge in [0.25, 0.3) is 0 Å². The van der Waals surface area contributed by atoms with Crippen LogP contribution in [-0.2, 0) is 4.79 Å². The van der Waals surface area contributed by atoms with Crippen LogP contribution in [-0.4, -0.2) is 13.1 Å². The maximum atomic E-state index is 14.8. The van der Waals surface area contributed by atoms with E-state index in [-0.39, 0.29) is 23.4 Å². The van der Waals surface area contributed by atoms with Crippen LogP contribution in [0.15, 0.2) is 30.3 Å². The summed E-state index contributed by atoms with van der Waals surface area (Å²) < 4.78 is 54.4. The lowest BCUT2D eigenvalue weighted by Gasteiger charge is -2.29. The topological polar surface area (TPSA) is 35.5 Å². The van der Waals surface area contributed by atoms with Gasteiger partial charge in [-0.1, -0.05) is 25.5 Å². The first-order valence-corrected chi connectivity index (χ1v) is 12.4. The van der Waals surface area contributed by atoms with Crippen molar-refractivity contribution in [2.75, 3.05) is 7.11 Å². The Bertz CT molecular complexity index is 1010. The molecule has 0 N–H and O–H groups in total. The van der Waals surface area contributed by atoms with Gasteiger partial charge in [-0.15, -0.1) is 0 Å². The smallest absolute Gasteiger partial charge is 0.314 e. The second-order valence-corrected chi connectivity index (χ2v) is 9.76. The molecule has 34 heavy (non-hydrogen) atoms. The molecule has 2 aromatic rings. The maximum Gasteiger partial charge on any atom is 0.314 e. The Morgan fingerprint density at radius 1 is 0.853 bits per heavy atom. The summed E-state index contributed by atoms with van der Waals surface area (Å²) in [6.45, 7) is 2.16. The van der Waals surface area contributed by atoms with E-state index in [9.17, 15) is 18.0 Å². The molecule has 2 aliphatic rings. The van der Waals surface area contributed by atoms with Gasteiger partial charge in [0.1, 0.15) is 11.6 Å². The van der Waals surface area contributed by atoms with E-state index in [1.165, 1.54) is 19.2 Å². The minimum Gasteiger partial charge on any atom is -0.497 e. The highest BCUT2D eigenvalue weighted by Gasteiger charge is 2.31. The Labute approximate surface area is 199 Å². The lowest BCUT2D eigenvalue weighted by Crippen LogP contribution is -2.26. The van der Waals surface area contributed by atoms with Crippen LogP contribution < -0.4 is 9.47 Å². The normalized spacial score (nSPS) is 25.1. The van der Waals surface area contributed by atoms with Crippen molar-refractivity contribution >= 4 is 5.97 Å². The number of carbonyl (C=O) groups excluding carboxylic acids is 1. The number of carbonyl (C=O) groups is 1. The lowest BCUT2D eigenvalue weighted by molar-refractivity contribution is -0.140. The third-order valence-electron chi connectivity index (χ3n) is 7.86. The lowest BCUT2D eigenvalue weighted by atomic mass is 9.77. The molecule has 0 spiro atoms. The monoisotopic (exact) mass is 474 g/mol. The van der Waals surface area contributed by atoms with Crippen molar-refractivity contribution in [1.82, 2.24) is 0 Å². The molecule has 0 radical (unpaired) electrons. The average Bonchev–Trinajstić information content (AvgIpc) is 2.87. The van der Waals surface area contributed by atoms with Gasteiger partial charge in [-0.3, -0.25) is 4.79 Å². The zero-order chi connectivity index (χ0) is 24.2. The van der Waals surface area contributed by atoms with Gasteiger partial charge < -0.3 is 9.47 Å². The molecule has 4 rings (SSSR count). The highest BCUT2D eigenvalue weighted by Crippen LogP contribution is 2.41. The first kappa shape index (κ1) is 24.6. The van der Waals surface area contributed by atoms with Crippen LogP contribution in [0.4, 0.5) is 13.2 Å². The third-order valence-corrected chi connectivity index (χ3v) is 7.86. The first-order chi connectivity index (χ1) is 16.4. The Morgan fingerprint density at radius 3 is 2.09 bits per heavy atom. The Balaban J connectivity index is 1.36. The summed E-state index contributed by atoms with van der Waals surface area (Å²) in [5.74, 6) is -2.47. The number of rotatable bonds is 6. The van der Waals surface area contributed by atoms with Crippen molar-refractivity contribution < 1.29 is 27.4 Å². The predicted octanol–water partition coefficient (Wildman–Crippen LogP) is 7.68. The molecule has 3 nitrogen and oxygen atoms in total. The molecule has 0 aliphatic heterocycles. The van der Waals surface area contributed by atoms with Crippen molar-refractivity contribution in [3.63, 3.8) is 0 Å². The highest BCUT2D eigenvalue weighted by atomic mass is 19.2. The number of ether oxygens (including phenoxy) is 2. The first-order valence-electron chi connectivity index (χ1n) is 12.4. The van der Waals surface area contributed by atoms with Crippen molar-refractivity contribution in [2.45, 2.75) is 76.5 Å². The van der Waals surface area contributed by atoms with Crippen molar-refractivity contribution in [3.05, 3.63) is 58.9 Å². The summed E-state index contributed by atoms with van der Waals surface area (Å²) in [5.41, 5.74) is 0.998. The quantitative estimate of drug-likeness (QED) is 0.318.